The van der Waals surface area contributed by atoms with Gasteiger partial charge in [-0.25, -0.2) is 0 Å². The van der Waals surface area contributed by atoms with E-state index in [1.807, 2.05) is 31.2 Å². The lowest BCUT2D eigenvalue weighted by Gasteiger charge is -2.07. The second-order valence-electron chi connectivity index (χ2n) is 5.00. The monoisotopic (exact) mass is 331 g/mol. The smallest absolute Gasteiger partial charge is 0.224 e. The fraction of sp³-hybridized carbons (Fsp3) is 0.235. The van der Waals surface area contributed by atoms with E-state index in [4.69, 9.17) is 0 Å². The van der Waals surface area contributed by atoms with Crippen LogP contribution in [0.15, 0.2) is 46.9 Å². The number of carbonyl (C=O) groups excluding carboxylic acids is 1. The van der Waals surface area contributed by atoms with Crippen LogP contribution < -0.4 is 5.32 Å². The molecule has 0 aliphatic rings. The molecular formula is C17H18BrNO. The van der Waals surface area contributed by atoms with Crippen LogP contribution in [0, 0.1) is 13.8 Å². The first-order valence-corrected chi connectivity index (χ1v) is 7.45. The molecule has 2 aromatic carbocycles. The minimum absolute atomic E-state index is 0.0438. The van der Waals surface area contributed by atoms with Crippen molar-refractivity contribution in [3.63, 3.8) is 0 Å². The molecule has 2 nitrogen and oxygen atoms in total. The van der Waals surface area contributed by atoms with Crippen LogP contribution >= 0.6 is 15.9 Å². The van der Waals surface area contributed by atoms with Gasteiger partial charge in [0.1, 0.15) is 0 Å². The van der Waals surface area contributed by atoms with Gasteiger partial charge in [-0.15, -0.1) is 0 Å². The van der Waals surface area contributed by atoms with Crippen molar-refractivity contribution in [2.24, 2.45) is 0 Å². The second-order valence-corrected chi connectivity index (χ2v) is 5.86. The number of rotatable bonds is 4. The van der Waals surface area contributed by atoms with E-state index < -0.39 is 0 Å². The molecule has 2 aromatic rings. The summed E-state index contributed by atoms with van der Waals surface area (Å²) in [4.78, 5) is 11.9. The van der Waals surface area contributed by atoms with E-state index in [0.717, 1.165) is 22.1 Å². The summed E-state index contributed by atoms with van der Waals surface area (Å²) >= 11 is 3.47. The van der Waals surface area contributed by atoms with Crippen molar-refractivity contribution in [3.8, 4) is 0 Å². The molecule has 0 atom stereocenters. The Bertz CT molecular complexity index is 622. The highest BCUT2D eigenvalue weighted by atomic mass is 79.9. The lowest BCUT2D eigenvalue weighted by Crippen LogP contribution is -2.12. The van der Waals surface area contributed by atoms with Gasteiger partial charge < -0.3 is 5.32 Å². The Balaban J connectivity index is 1.91. The van der Waals surface area contributed by atoms with Crippen LogP contribution in [0.1, 0.15) is 23.1 Å². The number of halogens is 1. The van der Waals surface area contributed by atoms with Crippen LogP contribution in [0.3, 0.4) is 0 Å². The van der Waals surface area contributed by atoms with Crippen LogP contribution in [-0.4, -0.2) is 5.91 Å². The molecule has 0 spiro atoms. The molecule has 20 heavy (non-hydrogen) atoms. The predicted molar refractivity (Wildman–Crippen MR) is 87.0 cm³/mol. The van der Waals surface area contributed by atoms with Crippen LogP contribution in [0.4, 0.5) is 5.69 Å². The normalized spacial score (nSPS) is 10.3. The zero-order chi connectivity index (χ0) is 14.5. The summed E-state index contributed by atoms with van der Waals surface area (Å²) in [6.07, 6.45) is 1.26. The van der Waals surface area contributed by atoms with E-state index in [0.29, 0.717) is 6.42 Å². The molecule has 0 heterocycles. The van der Waals surface area contributed by atoms with E-state index in [9.17, 15) is 4.79 Å². The zero-order valence-electron chi connectivity index (χ0n) is 11.7. The number of carbonyl (C=O) groups is 1. The van der Waals surface area contributed by atoms with Crippen molar-refractivity contribution in [1.82, 2.24) is 0 Å². The predicted octanol–water partition coefficient (Wildman–Crippen LogP) is 4.64. The number of nitrogens with one attached hydrogen (secondary N) is 1. The first-order valence-electron chi connectivity index (χ1n) is 6.66. The standard InChI is InChI=1S/C17H18BrNO/c1-12-4-3-5-14(10-12)7-9-17(20)19-15-8-6-13(2)16(18)11-15/h3-6,8,10-11H,7,9H2,1-2H3,(H,19,20). The lowest BCUT2D eigenvalue weighted by molar-refractivity contribution is -0.116. The van der Waals surface area contributed by atoms with Crippen molar-refractivity contribution >= 4 is 27.5 Å². The second kappa shape index (κ2) is 6.71. The molecule has 2 rings (SSSR count). The molecule has 0 aliphatic heterocycles. The maximum Gasteiger partial charge on any atom is 0.224 e. The molecule has 0 saturated carbocycles. The fourth-order valence-corrected chi connectivity index (χ4v) is 2.40. The number of anilines is 1. The fourth-order valence-electron chi connectivity index (χ4n) is 2.02. The molecule has 0 radical (unpaired) electrons. The summed E-state index contributed by atoms with van der Waals surface area (Å²) < 4.78 is 1.01. The largest absolute Gasteiger partial charge is 0.326 e. The van der Waals surface area contributed by atoms with E-state index >= 15 is 0 Å². The van der Waals surface area contributed by atoms with E-state index in [1.54, 1.807) is 0 Å². The van der Waals surface area contributed by atoms with Gasteiger partial charge >= 0.3 is 0 Å². The number of hydrogen-bond acceptors (Lipinski definition) is 1. The molecule has 104 valence electrons. The van der Waals surface area contributed by atoms with Crippen molar-refractivity contribution in [2.45, 2.75) is 26.7 Å². The average molecular weight is 332 g/mol. The van der Waals surface area contributed by atoms with Crippen LogP contribution in [0.2, 0.25) is 0 Å². The number of aryl methyl sites for hydroxylation is 3. The molecule has 0 bridgehead atoms. The summed E-state index contributed by atoms with van der Waals surface area (Å²) in [6.45, 7) is 4.08. The maximum absolute atomic E-state index is 11.9. The van der Waals surface area contributed by atoms with Gasteiger partial charge in [-0.05, 0) is 43.5 Å². The number of benzene rings is 2. The zero-order valence-corrected chi connectivity index (χ0v) is 13.3. The molecule has 0 fully saturated rings. The van der Waals surface area contributed by atoms with Crippen LogP contribution in [-0.2, 0) is 11.2 Å². The van der Waals surface area contributed by atoms with Gasteiger partial charge in [-0.2, -0.15) is 0 Å². The van der Waals surface area contributed by atoms with Gasteiger partial charge in [0.05, 0.1) is 0 Å². The minimum atomic E-state index is 0.0438. The average Bonchev–Trinajstić information content (AvgIpc) is 2.41. The summed E-state index contributed by atoms with van der Waals surface area (Å²) in [5.41, 5.74) is 4.41. The van der Waals surface area contributed by atoms with E-state index in [2.05, 4.69) is 46.4 Å². The first kappa shape index (κ1) is 14.8. The summed E-state index contributed by atoms with van der Waals surface area (Å²) in [7, 11) is 0. The van der Waals surface area contributed by atoms with Crippen molar-refractivity contribution in [3.05, 3.63) is 63.6 Å². The summed E-state index contributed by atoms with van der Waals surface area (Å²) in [5, 5.41) is 2.93. The van der Waals surface area contributed by atoms with Crippen molar-refractivity contribution in [2.75, 3.05) is 5.32 Å². The summed E-state index contributed by atoms with van der Waals surface area (Å²) in [6, 6.07) is 14.1. The quantitative estimate of drug-likeness (QED) is 0.868. The Labute approximate surface area is 128 Å². The highest BCUT2D eigenvalue weighted by Crippen LogP contribution is 2.20. The Morgan fingerprint density at radius 1 is 1.15 bits per heavy atom. The van der Waals surface area contributed by atoms with E-state index in [-0.39, 0.29) is 5.91 Å². The number of hydrogen-bond donors (Lipinski definition) is 1. The van der Waals surface area contributed by atoms with E-state index in [1.165, 1.54) is 11.1 Å². The van der Waals surface area contributed by atoms with Gasteiger partial charge in [0, 0.05) is 16.6 Å². The van der Waals surface area contributed by atoms with Gasteiger partial charge in [0.15, 0.2) is 0 Å². The molecule has 0 aromatic heterocycles. The molecule has 3 heteroatoms. The van der Waals surface area contributed by atoms with Crippen LogP contribution in [0.5, 0.6) is 0 Å². The van der Waals surface area contributed by atoms with Gasteiger partial charge in [-0.3, -0.25) is 4.79 Å². The van der Waals surface area contributed by atoms with Gasteiger partial charge in [-0.1, -0.05) is 51.8 Å². The Kier molecular flexibility index (Phi) is 4.96. The van der Waals surface area contributed by atoms with Crippen LogP contribution in [0.25, 0.3) is 0 Å². The molecule has 1 amide bonds. The maximum atomic E-state index is 11.9. The Hall–Kier alpha value is -1.61. The lowest BCUT2D eigenvalue weighted by atomic mass is 10.1. The highest BCUT2D eigenvalue weighted by Gasteiger charge is 2.04. The third-order valence-corrected chi connectivity index (χ3v) is 4.03. The third kappa shape index (κ3) is 4.20. The minimum Gasteiger partial charge on any atom is -0.326 e. The molecule has 0 saturated heterocycles. The van der Waals surface area contributed by atoms with Gasteiger partial charge in [0.25, 0.3) is 0 Å². The topological polar surface area (TPSA) is 29.1 Å². The molecule has 0 aliphatic carbocycles. The highest BCUT2D eigenvalue weighted by molar-refractivity contribution is 9.10. The number of amides is 1. The molecule has 0 unspecified atom stereocenters. The first-order chi connectivity index (χ1) is 9.54. The molecular weight excluding hydrogens is 314 g/mol. The van der Waals surface area contributed by atoms with Gasteiger partial charge in [0.2, 0.25) is 5.91 Å². The Morgan fingerprint density at radius 2 is 1.95 bits per heavy atom. The SMILES string of the molecule is Cc1cccc(CCC(=O)Nc2ccc(C)c(Br)c2)c1. The summed E-state index contributed by atoms with van der Waals surface area (Å²) in [5.74, 6) is 0.0438. The third-order valence-electron chi connectivity index (χ3n) is 3.18. The Morgan fingerprint density at radius 3 is 2.65 bits per heavy atom. The van der Waals surface area contributed by atoms with Crippen molar-refractivity contribution in [1.29, 1.82) is 0 Å². The van der Waals surface area contributed by atoms with Crippen molar-refractivity contribution < 1.29 is 4.79 Å². The molecule has 1 N–H and O–H groups in total.